The van der Waals surface area contributed by atoms with Crippen LogP contribution in [0.5, 0.6) is 0 Å². The van der Waals surface area contributed by atoms with E-state index in [4.69, 9.17) is 4.98 Å². The van der Waals surface area contributed by atoms with Crippen molar-refractivity contribution in [1.29, 1.82) is 0 Å². The summed E-state index contributed by atoms with van der Waals surface area (Å²) >= 11 is 0. The Kier molecular flexibility index (Phi) is 5.25. The summed E-state index contributed by atoms with van der Waals surface area (Å²) in [6.07, 6.45) is 8.98. The van der Waals surface area contributed by atoms with Crippen LogP contribution in [0.2, 0.25) is 0 Å². The quantitative estimate of drug-likeness (QED) is 0.226. The maximum absolute atomic E-state index is 14.5. The van der Waals surface area contributed by atoms with Crippen LogP contribution < -0.4 is 5.32 Å². The number of nitrogens with one attached hydrogen (secondary N) is 3. The van der Waals surface area contributed by atoms with Crippen molar-refractivity contribution in [2.75, 3.05) is 5.32 Å². The lowest BCUT2D eigenvalue weighted by Gasteiger charge is -2.28. The minimum Gasteiger partial charge on any atom is -0.358 e. The summed E-state index contributed by atoms with van der Waals surface area (Å²) in [5.41, 5.74) is 7.79. The molecule has 38 heavy (non-hydrogen) atoms. The van der Waals surface area contributed by atoms with Gasteiger partial charge in [0.25, 0.3) is 0 Å². The van der Waals surface area contributed by atoms with Crippen molar-refractivity contribution >= 4 is 27.6 Å². The Balaban J connectivity index is 1.27. The fraction of sp³-hybridized carbons (Fsp3) is 0.133. The van der Waals surface area contributed by atoms with Gasteiger partial charge in [0.2, 0.25) is 0 Å². The molecule has 6 aromatic rings. The topological polar surface area (TPSA) is 95.2 Å². The molecule has 1 aliphatic rings. The molecule has 0 saturated heterocycles. The van der Waals surface area contributed by atoms with Gasteiger partial charge in [-0.25, -0.2) is 9.37 Å². The summed E-state index contributed by atoms with van der Waals surface area (Å²) in [4.78, 5) is 17.0. The zero-order chi connectivity index (χ0) is 25.6. The zero-order valence-electron chi connectivity index (χ0n) is 20.5. The van der Waals surface area contributed by atoms with Gasteiger partial charge in [-0.2, -0.15) is 5.10 Å². The van der Waals surface area contributed by atoms with E-state index in [2.05, 4.69) is 49.2 Å². The molecule has 7 nitrogen and oxygen atoms in total. The largest absolute Gasteiger partial charge is 0.358 e. The van der Waals surface area contributed by atoms with Crippen LogP contribution in [-0.4, -0.2) is 30.1 Å². The maximum Gasteiger partial charge on any atom is 0.159 e. The third kappa shape index (κ3) is 3.82. The van der Waals surface area contributed by atoms with Crippen molar-refractivity contribution in [1.82, 2.24) is 30.1 Å². The van der Waals surface area contributed by atoms with E-state index in [-0.39, 0.29) is 5.82 Å². The van der Waals surface area contributed by atoms with Crippen LogP contribution in [0, 0.1) is 11.7 Å². The fourth-order valence-electron chi connectivity index (χ4n) is 4.98. The summed E-state index contributed by atoms with van der Waals surface area (Å²) in [5.74, 6) is 0.786. The molecule has 186 valence electrons. The Morgan fingerprint density at radius 3 is 2.71 bits per heavy atom. The molecule has 0 bridgehead atoms. The maximum atomic E-state index is 14.5. The SMILES string of the molecule is C=C(Nc1cncc(-c2ccc3[nH]nc(-c4nc5c(-c6ccccc6F)nccc5[nH]4)c3c2)c1)C1CCC1. The second kappa shape index (κ2) is 8.92. The van der Waals surface area contributed by atoms with Gasteiger partial charge in [-0.15, -0.1) is 0 Å². The predicted octanol–water partition coefficient (Wildman–Crippen LogP) is 7.10. The van der Waals surface area contributed by atoms with Crippen LogP contribution in [0.1, 0.15) is 19.3 Å². The van der Waals surface area contributed by atoms with Crippen LogP contribution in [0.4, 0.5) is 10.1 Å². The Morgan fingerprint density at radius 1 is 0.974 bits per heavy atom. The number of pyridine rings is 2. The summed E-state index contributed by atoms with van der Waals surface area (Å²) in [7, 11) is 0. The van der Waals surface area contributed by atoms with Crippen molar-refractivity contribution in [3.8, 4) is 33.9 Å². The van der Waals surface area contributed by atoms with Crippen molar-refractivity contribution in [3.63, 3.8) is 0 Å². The zero-order valence-corrected chi connectivity index (χ0v) is 20.5. The number of halogens is 1. The lowest BCUT2D eigenvalue weighted by molar-refractivity contribution is 0.371. The first-order chi connectivity index (χ1) is 18.6. The molecule has 4 heterocycles. The fourth-order valence-corrected chi connectivity index (χ4v) is 4.98. The number of imidazole rings is 1. The second-order valence-corrected chi connectivity index (χ2v) is 9.69. The average molecular weight is 502 g/mol. The molecule has 0 aliphatic heterocycles. The monoisotopic (exact) mass is 501 g/mol. The number of aromatic nitrogens is 6. The summed E-state index contributed by atoms with van der Waals surface area (Å²) in [6, 6.07) is 16.6. The third-order valence-electron chi connectivity index (χ3n) is 7.29. The van der Waals surface area contributed by atoms with Gasteiger partial charge in [-0.3, -0.25) is 15.1 Å². The Bertz CT molecular complexity index is 1830. The number of hydrogen-bond acceptors (Lipinski definition) is 5. The van der Waals surface area contributed by atoms with Gasteiger partial charge < -0.3 is 10.3 Å². The van der Waals surface area contributed by atoms with Gasteiger partial charge in [-0.1, -0.05) is 31.2 Å². The lowest BCUT2D eigenvalue weighted by atomic mass is 9.83. The molecule has 3 N–H and O–H groups in total. The predicted molar refractivity (Wildman–Crippen MR) is 148 cm³/mol. The van der Waals surface area contributed by atoms with Crippen molar-refractivity contribution in [2.45, 2.75) is 19.3 Å². The number of hydrogen-bond donors (Lipinski definition) is 3. The first kappa shape index (κ1) is 22.4. The molecule has 7 rings (SSSR count). The van der Waals surface area contributed by atoms with E-state index in [1.54, 1.807) is 24.4 Å². The molecule has 0 amide bonds. The van der Waals surface area contributed by atoms with E-state index in [1.165, 1.54) is 25.3 Å². The molecule has 0 atom stereocenters. The molecule has 8 heteroatoms. The van der Waals surface area contributed by atoms with Gasteiger partial charge in [0.1, 0.15) is 22.7 Å². The first-order valence-corrected chi connectivity index (χ1v) is 12.6. The van der Waals surface area contributed by atoms with Crippen LogP contribution in [0.3, 0.4) is 0 Å². The minimum absolute atomic E-state index is 0.339. The lowest BCUT2D eigenvalue weighted by Crippen LogP contribution is -2.18. The highest BCUT2D eigenvalue weighted by Crippen LogP contribution is 2.35. The average Bonchev–Trinajstić information content (AvgIpc) is 3.52. The highest BCUT2D eigenvalue weighted by Gasteiger charge is 2.21. The van der Waals surface area contributed by atoms with E-state index in [1.807, 2.05) is 30.6 Å². The van der Waals surface area contributed by atoms with Crippen LogP contribution in [0.15, 0.2) is 85.5 Å². The van der Waals surface area contributed by atoms with Crippen LogP contribution >= 0.6 is 0 Å². The molecule has 2 aromatic carbocycles. The summed E-state index contributed by atoms with van der Waals surface area (Å²) < 4.78 is 14.5. The number of H-pyrrole nitrogens is 2. The molecular formula is C30H24FN7. The standard InChI is InChI=1S/C30H24FN7/c1-17(18-5-4-6-18)34-21-13-20(15-32-16-21)19-9-10-25-23(14-19)28(38-37-25)30-35-26-11-12-33-27(29(26)36-30)22-7-2-3-8-24(22)31/h2-3,7-16,18,34H,1,4-6H2,(H,35,36)(H,37,38). The van der Waals surface area contributed by atoms with E-state index >= 15 is 0 Å². The third-order valence-corrected chi connectivity index (χ3v) is 7.29. The summed E-state index contributed by atoms with van der Waals surface area (Å²) in [6.45, 7) is 4.21. The number of nitrogens with zero attached hydrogens (tertiary/aromatic N) is 4. The van der Waals surface area contributed by atoms with Crippen molar-refractivity contribution in [2.24, 2.45) is 5.92 Å². The Labute approximate surface area is 217 Å². The molecule has 0 unspecified atom stereocenters. The number of anilines is 1. The van der Waals surface area contributed by atoms with Gasteiger partial charge in [-0.05, 0) is 60.7 Å². The van der Waals surface area contributed by atoms with Crippen LogP contribution in [-0.2, 0) is 0 Å². The van der Waals surface area contributed by atoms with Gasteiger partial charge in [0.05, 0.1) is 22.9 Å². The summed E-state index contributed by atoms with van der Waals surface area (Å²) in [5, 5.41) is 12.0. The number of fused-ring (bicyclic) bond motifs is 2. The molecule has 0 spiro atoms. The van der Waals surface area contributed by atoms with Crippen molar-refractivity contribution < 1.29 is 4.39 Å². The normalized spacial score (nSPS) is 13.6. The van der Waals surface area contributed by atoms with Gasteiger partial charge in [0, 0.05) is 34.6 Å². The first-order valence-electron chi connectivity index (χ1n) is 12.6. The minimum atomic E-state index is -0.339. The molecule has 1 aliphatic carbocycles. The smallest absolute Gasteiger partial charge is 0.159 e. The molecule has 4 aromatic heterocycles. The van der Waals surface area contributed by atoms with Crippen molar-refractivity contribution in [3.05, 3.63) is 91.3 Å². The number of benzene rings is 2. The van der Waals surface area contributed by atoms with Gasteiger partial charge >= 0.3 is 0 Å². The highest BCUT2D eigenvalue weighted by atomic mass is 19.1. The second-order valence-electron chi connectivity index (χ2n) is 9.69. The number of allylic oxidation sites excluding steroid dienone is 1. The van der Waals surface area contributed by atoms with Crippen LogP contribution in [0.25, 0.3) is 55.8 Å². The van der Waals surface area contributed by atoms with E-state index in [9.17, 15) is 4.39 Å². The highest BCUT2D eigenvalue weighted by molar-refractivity contribution is 5.97. The number of rotatable bonds is 6. The Morgan fingerprint density at radius 2 is 1.87 bits per heavy atom. The number of aromatic amines is 2. The van der Waals surface area contributed by atoms with E-state index in [0.717, 1.165) is 38.9 Å². The van der Waals surface area contributed by atoms with E-state index < -0.39 is 0 Å². The van der Waals surface area contributed by atoms with Gasteiger partial charge in [0.15, 0.2) is 5.82 Å². The molecule has 0 radical (unpaired) electrons. The molecule has 1 saturated carbocycles. The Hall–Kier alpha value is -4.85. The molecular weight excluding hydrogens is 477 g/mol. The molecule has 1 fully saturated rings. The van der Waals surface area contributed by atoms with E-state index in [0.29, 0.717) is 34.2 Å².